The molecule has 0 aliphatic heterocycles. The minimum Gasteiger partial charge on any atom is -0.497 e. The molecule has 4 rings (SSSR count). The molecule has 2 heterocycles. The van der Waals surface area contributed by atoms with Crippen molar-refractivity contribution in [2.45, 2.75) is 51.4 Å². The number of aryl methyl sites for hydroxylation is 1. The van der Waals surface area contributed by atoms with Gasteiger partial charge in [0.25, 0.3) is 0 Å². The molecule has 33 heavy (non-hydrogen) atoms. The van der Waals surface area contributed by atoms with Gasteiger partial charge in [0.15, 0.2) is 11.6 Å². The Labute approximate surface area is 193 Å². The van der Waals surface area contributed by atoms with Crippen molar-refractivity contribution in [1.82, 2.24) is 15.1 Å². The Morgan fingerprint density at radius 2 is 1.97 bits per heavy atom. The fourth-order valence-electron chi connectivity index (χ4n) is 3.97. The first-order valence-corrected chi connectivity index (χ1v) is 11.6. The molecule has 1 aromatic carbocycles. The first-order valence-electron chi connectivity index (χ1n) is 11.6. The Bertz CT molecular complexity index is 1030. The normalized spacial score (nSPS) is 14.1. The van der Waals surface area contributed by atoms with Crippen LogP contribution < -0.4 is 14.8 Å². The summed E-state index contributed by atoms with van der Waals surface area (Å²) in [6.07, 6.45) is 9.34. The second-order valence-electron chi connectivity index (χ2n) is 8.31. The van der Waals surface area contributed by atoms with Crippen molar-refractivity contribution in [2.24, 2.45) is 5.92 Å². The summed E-state index contributed by atoms with van der Waals surface area (Å²) >= 11 is 0. The molecule has 1 N–H and O–H groups in total. The molecule has 0 bridgehead atoms. The maximum absolute atomic E-state index is 12.5. The van der Waals surface area contributed by atoms with E-state index in [9.17, 15) is 4.79 Å². The van der Waals surface area contributed by atoms with Crippen LogP contribution in [0.3, 0.4) is 0 Å². The molecule has 0 unspecified atom stereocenters. The summed E-state index contributed by atoms with van der Waals surface area (Å²) in [5.41, 5.74) is 0.847. The van der Waals surface area contributed by atoms with Crippen LogP contribution >= 0.6 is 0 Å². The predicted octanol–water partition coefficient (Wildman–Crippen LogP) is 5.06. The van der Waals surface area contributed by atoms with E-state index in [2.05, 4.69) is 20.4 Å². The van der Waals surface area contributed by atoms with Gasteiger partial charge in [-0.25, -0.2) is 4.98 Å². The summed E-state index contributed by atoms with van der Waals surface area (Å²) in [6.45, 7) is 0.669. The lowest BCUT2D eigenvalue weighted by Crippen LogP contribution is -2.17. The fourth-order valence-corrected chi connectivity index (χ4v) is 3.97. The Hall–Kier alpha value is -3.42. The highest BCUT2D eigenvalue weighted by Gasteiger charge is 2.16. The van der Waals surface area contributed by atoms with Crippen LogP contribution in [0.1, 0.15) is 50.8 Å². The topological polar surface area (TPSA) is 99.4 Å². The number of hydrogen-bond donors (Lipinski definition) is 1. The summed E-state index contributed by atoms with van der Waals surface area (Å²) in [4.78, 5) is 21.2. The second kappa shape index (κ2) is 11.4. The molecule has 1 saturated carbocycles. The number of methoxy groups -OCH3 is 1. The lowest BCUT2D eigenvalue weighted by atomic mass is 9.90. The number of benzene rings is 1. The van der Waals surface area contributed by atoms with E-state index >= 15 is 0 Å². The average Bonchev–Trinajstić information content (AvgIpc) is 3.33. The molecule has 8 nitrogen and oxygen atoms in total. The molecule has 2 aromatic heterocycles. The zero-order valence-electron chi connectivity index (χ0n) is 19.0. The van der Waals surface area contributed by atoms with Crippen LogP contribution in [-0.4, -0.2) is 34.7 Å². The second-order valence-corrected chi connectivity index (χ2v) is 8.31. The molecule has 174 valence electrons. The molecule has 1 fully saturated rings. The molecular formula is C25H30N4O4. The number of rotatable bonds is 10. The number of aromatic nitrogens is 3. The predicted molar refractivity (Wildman–Crippen MR) is 124 cm³/mol. The van der Waals surface area contributed by atoms with E-state index in [0.29, 0.717) is 55.1 Å². The molecule has 0 atom stereocenters. The van der Waals surface area contributed by atoms with E-state index in [1.807, 2.05) is 36.4 Å². The summed E-state index contributed by atoms with van der Waals surface area (Å²) in [5.74, 6) is 3.35. The van der Waals surface area contributed by atoms with Crippen molar-refractivity contribution in [1.29, 1.82) is 0 Å². The van der Waals surface area contributed by atoms with Gasteiger partial charge in [-0.05, 0) is 61.6 Å². The zero-order valence-corrected chi connectivity index (χ0v) is 19.0. The molecule has 0 saturated heterocycles. The van der Waals surface area contributed by atoms with Crippen molar-refractivity contribution < 1.29 is 18.8 Å². The van der Waals surface area contributed by atoms with E-state index in [1.165, 1.54) is 32.1 Å². The van der Waals surface area contributed by atoms with Gasteiger partial charge in [-0.2, -0.15) is 4.98 Å². The quantitative estimate of drug-likeness (QED) is 0.461. The fraction of sp³-hybridized carbons (Fsp3) is 0.440. The molecule has 3 aromatic rings. The molecule has 1 aliphatic rings. The number of carbonyl (C=O) groups is 1. The number of carbonyl (C=O) groups excluding carboxylic acids is 1. The highest BCUT2D eigenvalue weighted by Crippen LogP contribution is 2.27. The Morgan fingerprint density at radius 3 is 2.76 bits per heavy atom. The zero-order chi connectivity index (χ0) is 22.9. The first-order chi connectivity index (χ1) is 16.2. The number of nitrogens with one attached hydrogen (secondary N) is 1. The molecule has 1 aliphatic carbocycles. The first kappa shape index (κ1) is 22.8. The monoisotopic (exact) mass is 450 g/mol. The van der Waals surface area contributed by atoms with E-state index in [4.69, 9.17) is 14.0 Å². The van der Waals surface area contributed by atoms with Crippen LogP contribution in [0.2, 0.25) is 0 Å². The van der Waals surface area contributed by atoms with Crippen LogP contribution in [0.25, 0.3) is 11.4 Å². The lowest BCUT2D eigenvalue weighted by molar-refractivity contribution is -0.116. The van der Waals surface area contributed by atoms with E-state index < -0.39 is 0 Å². The highest BCUT2D eigenvalue weighted by molar-refractivity contribution is 5.91. The van der Waals surface area contributed by atoms with Crippen LogP contribution in [0.15, 0.2) is 47.1 Å². The van der Waals surface area contributed by atoms with Crippen LogP contribution in [0, 0.1) is 5.92 Å². The van der Waals surface area contributed by atoms with Crippen LogP contribution in [0.5, 0.6) is 11.5 Å². The van der Waals surface area contributed by atoms with Gasteiger partial charge < -0.3 is 19.3 Å². The maximum atomic E-state index is 12.5. The minimum absolute atomic E-state index is 0.119. The van der Waals surface area contributed by atoms with Gasteiger partial charge in [0.05, 0.1) is 13.7 Å². The minimum atomic E-state index is -0.119. The van der Waals surface area contributed by atoms with E-state index in [0.717, 1.165) is 11.3 Å². The van der Waals surface area contributed by atoms with Gasteiger partial charge in [0, 0.05) is 24.6 Å². The average molecular weight is 451 g/mol. The van der Waals surface area contributed by atoms with Crippen molar-refractivity contribution in [2.75, 3.05) is 19.0 Å². The summed E-state index contributed by atoms with van der Waals surface area (Å²) in [6, 6.07) is 11.1. The summed E-state index contributed by atoms with van der Waals surface area (Å²) in [5, 5.41) is 6.90. The molecule has 1 amide bonds. The smallest absolute Gasteiger partial charge is 0.226 e. The van der Waals surface area contributed by atoms with Crippen molar-refractivity contribution >= 4 is 11.7 Å². The van der Waals surface area contributed by atoms with Gasteiger partial charge in [0.1, 0.15) is 5.75 Å². The number of nitrogens with zero attached hydrogens (tertiary/aromatic N) is 3. The van der Waals surface area contributed by atoms with Gasteiger partial charge in [0.2, 0.25) is 17.6 Å². The number of pyridine rings is 1. The Morgan fingerprint density at radius 1 is 1.15 bits per heavy atom. The highest BCUT2D eigenvalue weighted by atomic mass is 16.5. The van der Waals surface area contributed by atoms with Gasteiger partial charge in [-0.1, -0.05) is 24.4 Å². The third-order valence-electron chi connectivity index (χ3n) is 5.84. The SMILES string of the molecule is COc1ccc(-c2noc(CCCC(=O)Nc3ncccc3OCC3CCCCC3)n2)cc1. The van der Waals surface area contributed by atoms with E-state index in [1.54, 1.807) is 13.3 Å². The number of anilines is 1. The van der Waals surface area contributed by atoms with Gasteiger partial charge in [-0.15, -0.1) is 0 Å². The largest absolute Gasteiger partial charge is 0.497 e. The Balaban J connectivity index is 1.24. The Kier molecular flexibility index (Phi) is 7.90. The maximum Gasteiger partial charge on any atom is 0.226 e. The molecule has 0 spiro atoms. The lowest BCUT2D eigenvalue weighted by Gasteiger charge is -2.22. The summed E-state index contributed by atoms with van der Waals surface area (Å²) < 4.78 is 16.5. The van der Waals surface area contributed by atoms with Crippen molar-refractivity contribution in [3.8, 4) is 22.9 Å². The molecule has 0 radical (unpaired) electrons. The standard InChI is InChI=1S/C25H30N4O4/c1-31-20-14-12-19(13-15-20)24-28-23(33-29-24)11-5-10-22(30)27-25-21(9-6-16-26-25)32-17-18-7-3-2-4-8-18/h6,9,12-16,18H,2-5,7-8,10-11,17H2,1H3,(H,26,27,30). The summed E-state index contributed by atoms with van der Waals surface area (Å²) in [7, 11) is 1.62. The van der Waals surface area contributed by atoms with Gasteiger partial charge >= 0.3 is 0 Å². The van der Waals surface area contributed by atoms with Crippen molar-refractivity contribution in [3.63, 3.8) is 0 Å². The number of ether oxygens (including phenoxy) is 2. The van der Waals surface area contributed by atoms with Crippen LogP contribution in [0.4, 0.5) is 5.82 Å². The van der Waals surface area contributed by atoms with Crippen LogP contribution in [-0.2, 0) is 11.2 Å². The van der Waals surface area contributed by atoms with Gasteiger partial charge in [-0.3, -0.25) is 4.79 Å². The number of amides is 1. The van der Waals surface area contributed by atoms with E-state index in [-0.39, 0.29) is 5.91 Å². The molecular weight excluding hydrogens is 420 g/mol. The molecule has 8 heteroatoms. The number of hydrogen-bond acceptors (Lipinski definition) is 7. The van der Waals surface area contributed by atoms with Crippen molar-refractivity contribution in [3.05, 3.63) is 48.5 Å². The third-order valence-corrected chi connectivity index (χ3v) is 5.84. The third kappa shape index (κ3) is 6.54.